The van der Waals surface area contributed by atoms with Gasteiger partial charge in [-0.25, -0.2) is 9.38 Å². The van der Waals surface area contributed by atoms with Gasteiger partial charge >= 0.3 is 0 Å². The molecular weight excluding hydrogens is 345 g/mol. The van der Waals surface area contributed by atoms with Crippen molar-refractivity contribution in [3.8, 4) is 0 Å². The SMILES string of the molecule is Cc1ccc(F)c(C2N=C3Sc4ccccc4N3C2NC2CCCC2)c1. The molecule has 3 aliphatic rings. The molecular formula is C21H22FN3S. The lowest BCUT2D eigenvalue weighted by molar-refractivity contribution is 0.398. The Kier molecular flexibility index (Phi) is 4.02. The normalized spacial score (nSPS) is 24.7. The predicted molar refractivity (Wildman–Crippen MR) is 105 cm³/mol. The second-order valence-corrected chi connectivity index (χ2v) is 8.42. The van der Waals surface area contributed by atoms with Gasteiger partial charge in [0, 0.05) is 16.5 Å². The van der Waals surface area contributed by atoms with E-state index < -0.39 is 0 Å². The number of hydrogen-bond donors (Lipinski definition) is 1. The van der Waals surface area contributed by atoms with Crippen molar-refractivity contribution in [1.29, 1.82) is 0 Å². The van der Waals surface area contributed by atoms with Gasteiger partial charge in [0.15, 0.2) is 5.17 Å². The van der Waals surface area contributed by atoms with Gasteiger partial charge in [-0.05, 0) is 49.7 Å². The molecule has 5 rings (SSSR count). The number of thioether (sulfide) groups is 1. The molecule has 0 spiro atoms. The maximum atomic E-state index is 14.7. The van der Waals surface area contributed by atoms with Crippen LogP contribution < -0.4 is 10.2 Å². The zero-order valence-corrected chi connectivity index (χ0v) is 15.6. The minimum atomic E-state index is -0.216. The average Bonchev–Trinajstić information content (AvgIpc) is 3.34. The molecule has 2 atom stereocenters. The van der Waals surface area contributed by atoms with Crippen molar-refractivity contribution >= 4 is 22.6 Å². The summed E-state index contributed by atoms with van der Waals surface area (Å²) in [6.45, 7) is 2.01. The summed E-state index contributed by atoms with van der Waals surface area (Å²) in [7, 11) is 0. The number of benzene rings is 2. The first-order chi connectivity index (χ1) is 12.7. The highest BCUT2D eigenvalue weighted by Crippen LogP contribution is 2.48. The van der Waals surface area contributed by atoms with Crippen LogP contribution in [0.1, 0.15) is 42.9 Å². The molecule has 0 saturated heterocycles. The van der Waals surface area contributed by atoms with E-state index >= 15 is 0 Å². The van der Waals surface area contributed by atoms with E-state index in [2.05, 4.69) is 34.5 Å². The van der Waals surface area contributed by atoms with Gasteiger partial charge in [-0.1, -0.05) is 42.7 Å². The van der Waals surface area contributed by atoms with Crippen LogP contribution in [0, 0.1) is 12.7 Å². The number of hydrogen-bond acceptors (Lipinski definition) is 4. The lowest BCUT2D eigenvalue weighted by Crippen LogP contribution is -2.49. The summed E-state index contributed by atoms with van der Waals surface area (Å²) in [6, 6.07) is 14.0. The highest BCUT2D eigenvalue weighted by atomic mass is 32.2. The number of para-hydroxylation sites is 1. The number of halogens is 1. The fourth-order valence-electron chi connectivity index (χ4n) is 4.31. The molecule has 26 heavy (non-hydrogen) atoms. The van der Waals surface area contributed by atoms with Crippen molar-refractivity contribution in [2.45, 2.75) is 55.8 Å². The molecule has 2 aromatic rings. The summed E-state index contributed by atoms with van der Waals surface area (Å²) in [5.74, 6) is -0.164. The number of aliphatic imine (C=N–C) groups is 1. The topological polar surface area (TPSA) is 27.6 Å². The predicted octanol–water partition coefficient (Wildman–Crippen LogP) is 5.02. The van der Waals surface area contributed by atoms with Crippen LogP contribution >= 0.6 is 11.8 Å². The average molecular weight is 367 g/mol. The third-order valence-corrected chi connectivity index (χ3v) is 6.64. The summed E-state index contributed by atoms with van der Waals surface area (Å²) < 4.78 is 14.7. The Balaban J connectivity index is 1.56. The lowest BCUT2D eigenvalue weighted by atomic mass is 10.0. The van der Waals surface area contributed by atoms with Crippen LogP contribution in [-0.2, 0) is 0 Å². The zero-order chi connectivity index (χ0) is 17.7. The Morgan fingerprint density at radius 3 is 2.81 bits per heavy atom. The third kappa shape index (κ3) is 2.65. The van der Waals surface area contributed by atoms with Gasteiger partial charge in [-0.3, -0.25) is 5.32 Å². The molecule has 0 aromatic heterocycles. The highest BCUT2D eigenvalue weighted by molar-refractivity contribution is 8.14. The number of rotatable bonds is 3. The van der Waals surface area contributed by atoms with E-state index in [1.165, 1.54) is 36.3 Å². The Hall–Kier alpha value is -1.85. The number of amidine groups is 1. The molecule has 2 unspecified atom stereocenters. The van der Waals surface area contributed by atoms with Gasteiger partial charge in [0.25, 0.3) is 0 Å². The standard InChI is InChI=1S/C21H22FN3S/c1-13-10-11-16(22)15(12-13)19-20(23-14-6-2-3-7-14)25-17-8-4-5-9-18(17)26-21(25)24-19/h4-5,8-12,14,19-20,23H,2-3,6-7H2,1H3. The Morgan fingerprint density at radius 1 is 1.15 bits per heavy atom. The van der Waals surface area contributed by atoms with Gasteiger partial charge in [-0.2, -0.15) is 0 Å². The molecule has 5 heteroatoms. The van der Waals surface area contributed by atoms with Crippen LogP contribution in [0.2, 0.25) is 0 Å². The van der Waals surface area contributed by atoms with E-state index in [1.807, 2.05) is 19.1 Å². The van der Waals surface area contributed by atoms with E-state index in [4.69, 9.17) is 4.99 Å². The van der Waals surface area contributed by atoms with Crippen LogP contribution in [0.15, 0.2) is 52.4 Å². The zero-order valence-electron chi connectivity index (χ0n) is 14.8. The summed E-state index contributed by atoms with van der Waals surface area (Å²) >= 11 is 1.69. The first-order valence-electron chi connectivity index (χ1n) is 9.37. The Labute approximate surface area is 157 Å². The summed E-state index contributed by atoms with van der Waals surface area (Å²) in [4.78, 5) is 8.48. The molecule has 3 nitrogen and oxygen atoms in total. The first kappa shape index (κ1) is 16.3. The monoisotopic (exact) mass is 367 g/mol. The minimum Gasteiger partial charge on any atom is -0.301 e. The van der Waals surface area contributed by atoms with Gasteiger partial charge in [0.2, 0.25) is 0 Å². The molecule has 1 saturated carbocycles. The smallest absolute Gasteiger partial charge is 0.170 e. The van der Waals surface area contributed by atoms with E-state index in [0.29, 0.717) is 11.6 Å². The molecule has 1 aliphatic carbocycles. The van der Waals surface area contributed by atoms with E-state index in [0.717, 1.165) is 10.7 Å². The Bertz CT molecular complexity index is 875. The van der Waals surface area contributed by atoms with Gasteiger partial charge in [0.05, 0.1) is 5.69 Å². The maximum Gasteiger partial charge on any atom is 0.170 e. The van der Waals surface area contributed by atoms with Crippen LogP contribution in [0.4, 0.5) is 10.1 Å². The fraction of sp³-hybridized carbons (Fsp3) is 0.381. The highest BCUT2D eigenvalue weighted by Gasteiger charge is 2.44. The van der Waals surface area contributed by atoms with Crippen LogP contribution in [0.25, 0.3) is 0 Å². The van der Waals surface area contributed by atoms with E-state index in [9.17, 15) is 4.39 Å². The molecule has 2 aromatic carbocycles. The second kappa shape index (κ2) is 6.39. The number of aryl methyl sites for hydroxylation is 1. The second-order valence-electron chi connectivity index (χ2n) is 7.41. The summed E-state index contributed by atoms with van der Waals surface area (Å²) in [5, 5.41) is 4.80. The van der Waals surface area contributed by atoms with Crippen molar-refractivity contribution in [2.24, 2.45) is 4.99 Å². The number of fused-ring (bicyclic) bond motifs is 3. The maximum absolute atomic E-state index is 14.7. The Morgan fingerprint density at radius 2 is 1.96 bits per heavy atom. The molecule has 1 fully saturated rings. The van der Waals surface area contributed by atoms with Crippen molar-refractivity contribution in [1.82, 2.24) is 5.32 Å². The summed E-state index contributed by atoms with van der Waals surface area (Å²) in [6.07, 6.45) is 4.90. The van der Waals surface area contributed by atoms with Crippen LogP contribution in [-0.4, -0.2) is 17.4 Å². The van der Waals surface area contributed by atoms with Crippen LogP contribution in [0.3, 0.4) is 0 Å². The van der Waals surface area contributed by atoms with E-state index in [-0.39, 0.29) is 18.0 Å². The number of anilines is 1. The fourth-order valence-corrected chi connectivity index (χ4v) is 5.40. The summed E-state index contributed by atoms with van der Waals surface area (Å²) in [5.41, 5.74) is 2.95. The van der Waals surface area contributed by atoms with Crippen molar-refractivity contribution < 1.29 is 4.39 Å². The van der Waals surface area contributed by atoms with Crippen molar-refractivity contribution in [3.63, 3.8) is 0 Å². The quantitative estimate of drug-likeness (QED) is 0.826. The first-order valence-corrected chi connectivity index (χ1v) is 10.2. The third-order valence-electron chi connectivity index (χ3n) is 5.59. The molecule has 0 radical (unpaired) electrons. The van der Waals surface area contributed by atoms with Gasteiger partial charge < -0.3 is 4.90 Å². The minimum absolute atomic E-state index is 0.0273. The molecule has 134 valence electrons. The van der Waals surface area contributed by atoms with Crippen molar-refractivity contribution in [3.05, 3.63) is 59.4 Å². The number of nitrogens with zero attached hydrogens (tertiary/aromatic N) is 2. The molecule has 1 N–H and O–H groups in total. The van der Waals surface area contributed by atoms with E-state index in [1.54, 1.807) is 17.8 Å². The van der Waals surface area contributed by atoms with Crippen molar-refractivity contribution in [2.75, 3.05) is 4.90 Å². The molecule has 0 amide bonds. The van der Waals surface area contributed by atoms with Crippen LogP contribution in [0.5, 0.6) is 0 Å². The molecule has 2 heterocycles. The van der Waals surface area contributed by atoms with Gasteiger partial charge in [-0.15, -0.1) is 0 Å². The largest absolute Gasteiger partial charge is 0.301 e. The molecule has 2 aliphatic heterocycles. The lowest BCUT2D eigenvalue weighted by Gasteiger charge is -2.31. The molecule has 0 bridgehead atoms. The number of nitrogens with one attached hydrogen (secondary N) is 1. The van der Waals surface area contributed by atoms with Gasteiger partial charge in [0.1, 0.15) is 18.0 Å².